The van der Waals surface area contributed by atoms with Gasteiger partial charge in [-0.05, 0) is 23.1 Å². The first-order chi connectivity index (χ1) is 16.7. The lowest BCUT2D eigenvalue weighted by Crippen LogP contribution is -2.34. The van der Waals surface area contributed by atoms with Gasteiger partial charge in [0, 0.05) is 44.0 Å². The van der Waals surface area contributed by atoms with E-state index in [0.29, 0.717) is 33.8 Å². The van der Waals surface area contributed by atoms with E-state index in [1.165, 1.54) is 19.3 Å². The highest BCUT2D eigenvalue weighted by Crippen LogP contribution is 2.28. The predicted molar refractivity (Wildman–Crippen MR) is 121 cm³/mol. The third-order valence-electron chi connectivity index (χ3n) is 5.03. The van der Waals surface area contributed by atoms with Crippen LogP contribution in [0, 0.1) is 0 Å². The zero-order valence-corrected chi connectivity index (χ0v) is 18.6. The van der Waals surface area contributed by atoms with E-state index in [1.807, 2.05) is 0 Å². The largest absolute Gasteiger partial charge is 0.468 e. The van der Waals surface area contributed by atoms with Gasteiger partial charge in [-0.1, -0.05) is 18.2 Å². The van der Waals surface area contributed by atoms with E-state index in [2.05, 4.69) is 25.7 Å². The van der Waals surface area contributed by atoms with Gasteiger partial charge in [-0.25, -0.2) is 4.98 Å². The molecule has 9 nitrogen and oxygen atoms in total. The molecular weight excluding hydrogens is 465 g/mol. The Morgan fingerprint density at radius 3 is 2.51 bits per heavy atom. The van der Waals surface area contributed by atoms with Gasteiger partial charge >= 0.3 is 6.18 Å². The van der Waals surface area contributed by atoms with Crippen molar-refractivity contribution in [1.82, 2.24) is 30.4 Å². The Morgan fingerprint density at radius 1 is 1.03 bits per heavy atom. The molecule has 0 radical (unpaired) electrons. The fourth-order valence-electron chi connectivity index (χ4n) is 3.55. The summed E-state index contributed by atoms with van der Waals surface area (Å²) < 4.78 is 44.3. The smallest absolute Gasteiger partial charge is 0.422 e. The molecule has 3 heterocycles. The summed E-state index contributed by atoms with van der Waals surface area (Å²) in [6.45, 7) is 0.742. The molecule has 3 aromatic heterocycles. The molecule has 1 aromatic carbocycles. The molecule has 0 atom stereocenters. The third-order valence-corrected chi connectivity index (χ3v) is 5.03. The van der Waals surface area contributed by atoms with Crippen LogP contribution in [0.2, 0.25) is 0 Å². The van der Waals surface area contributed by atoms with Crippen molar-refractivity contribution in [1.29, 1.82) is 0 Å². The second kappa shape index (κ2) is 9.95. The Labute approximate surface area is 197 Å². The van der Waals surface area contributed by atoms with Gasteiger partial charge in [-0.2, -0.15) is 18.3 Å². The number of alkyl halides is 3. The minimum absolute atomic E-state index is 0.102. The number of benzene rings is 1. The number of nitrogens with one attached hydrogen (secondary N) is 2. The summed E-state index contributed by atoms with van der Waals surface area (Å²) in [5.41, 5.74) is 1.45. The Bertz CT molecular complexity index is 1390. The lowest BCUT2D eigenvalue weighted by Gasteiger charge is -2.13. The highest BCUT2D eigenvalue weighted by Gasteiger charge is 2.29. The summed E-state index contributed by atoms with van der Waals surface area (Å²) in [5.74, 6) is -0.698. The maximum Gasteiger partial charge on any atom is 0.422 e. The number of fused-ring (bicyclic) bond motifs is 2. The van der Waals surface area contributed by atoms with Gasteiger partial charge in [0.05, 0.1) is 17.4 Å². The van der Waals surface area contributed by atoms with Crippen molar-refractivity contribution in [3.63, 3.8) is 0 Å². The molecule has 0 aliphatic heterocycles. The van der Waals surface area contributed by atoms with Crippen LogP contribution in [-0.4, -0.2) is 57.4 Å². The molecule has 0 saturated carbocycles. The first-order valence-corrected chi connectivity index (χ1v) is 10.6. The molecule has 0 fully saturated rings. The van der Waals surface area contributed by atoms with E-state index in [-0.39, 0.29) is 30.6 Å². The normalized spacial score (nSPS) is 11.5. The minimum Gasteiger partial charge on any atom is -0.468 e. The fourth-order valence-corrected chi connectivity index (χ4v) is 3.55. The SMILES string of the molecule is CC(=O)NCCNC(=O)c1nccc2nn(Cc3cnc(OCC(F)(F)F)c4ccccc34)cc12. The number of carbonyl (C=O) groups is 2. The number of ether oxygens (including phenoxy) is 1. The van der Waals surface area contributed by atoms with Crippen molar-refractivity contribution in [3.8, 4) is 5.88 Å². The molecule has 4 rings (SSSR count). The second-order valence-electron chi connectivity index (χ2n) is 7.70. The summed E-state index contributed by atoms with van der Waals surface area (Å²) in [7, 11) is 0. The van der Waals surface area contributed by atoms with Gasteiger partial charge in [0.2, 0.25) is 11.8 Å². The molecule has 12 heteroatoms. The Kier molecular flexibility index (Phi) is 6.80. The van der Waals surface area contributed by atoms with Crippen molar-refractivity contribution in [3.05, 3.63) is 60.2 Å². The Balaban J connectivity index is 1.57. The van der Waals surface area contributed by atoms with Gasteiger partial charge in [-0.3, -0.25) is 19.3 Å². The van der Waals surface area contributed by atoms with Crippen LogP contribution in [0.3, 0.4) is 0 Å². The fraction of sp³-hybridized carbons (Fsp3) is 0.261. The van der Waals surface area contributed by atoms with Crippen molar-refractivity contribution in [2.45, 2.75) is 19.6 Å². The van der Waals surface area contributed by atoms with Crippen LogP contribution in [0.15, 0.2) is 48.9 Å². The van der Waals surface area contributed by atoms with Crippen LogP contribution >= 0.6 is 0 Å². The first kappa shape index (κ1) is 23.9. The minimum atomic E-state index is -4.47. The maximum atomic E-state index is 12.6. The molecule has 0 aliphatic carbocycles. The van der Waals surface area contributed by atoms with Gasteiger partial charge in [0.15, 0.2) is 6.61 Å². The molecule has 0 spiro atoms. The number of carbonyl (C=O) groups excluding carboxylic acids is 2. The monoisotopic (exact) mass is 486 g/mol. The number of halogens is 3. The number of amides is 2. The number of hydrogen-bond acceptors (Lipinski definition) is 6. The van der Waals surface area contributed by atoms with E-state index < -0.39 is 18.7 Å². The topological polar surface area (TPSA) is 111 Å². The molecule has 0 unspecified atom stereocenters. The van der Waals surface area contributed by atoms with Crippen LogP contribution in [0.1, 0.15) is 23.0 Å². The number of pyridine rings is 2. The average molecular weight is 486 g/mol. The van der Waals surface area contributed by atoms with Gasteiger partial charge in [0.25, 0.3) is 5.91 Å². The molecule has 35 heavy (non-hydrogen) atoms. The molecule has 182 valence electrons. The highest BCUT2D eigenvalue weighted by molar-refractivity contribution is 6.04. The van der Waals surface area contributed by atoms with Gasteiger partial charge in [0.1, 0.15) is 5.69 Å². The highest BCUT2D eigenvalue weighted by atomic mass is 19.4. The van der Waals surface area contributed by atoms with E-state index in [9.17, 15) is 22.8 Å². The van der Waals surface area contributed by atoms with Crippen molar-refractivity contribution >= 4 is 33.5 Å². The molecule has 0 aliphatic rings. The van der Waals surface area contributed by atoms with Crippen molar-refractivity contribution < 1.29 is 27.5 Å². The van der Waals surface area contributed by atoms with E-state index >= 15 is 0 Å². The maximum absolute atomic E-state index is 12.6. The van der Waals surface area contributed by atoms with Crippen LogP contribution in [0.25, 0.3) is 21.7 Å². The number of rotatable bonds is 8. The average Bonchev–Trinajstić information content (AvgIpc) is 3.23. The summed E-state index contributed by atoms with van der Waals surface area (Å²) in [6, 6.07) is 8.55. The van der Waals surface area contributed by atoms with Gasteiger partial charge < -0.3 is 15.4 Å². The molecule has 0 bridgehead atoms. The Morgan fingerprint density at radius 2 is 1.77 bits per heavy atom. The molecule has 2 amide bonds. The molecule has 0 saturated heterocycles. The van der Waals surface area contributed by atoms with Gasteiger partial charge in [-0.15, -0.1) is 0 Å². The standard InChI is InChI=1S/C23H21F3N6O3/c1-14(33)27-8-9-29-21(34)20-18-12-32(31-19(18)6-7-28-20)11-15-10-30-22(35-13-23(24,25)26)17-5-3-2-4-16(15)17/h2-7,10,12H,8-9,11,13H2,1H3,(H,27,33)(H,29,34). The number of nitrogens with zero attached hydrogens (tertiary/aromatic N) is 4. The van der Waals surface area contributed by atoms with Crippen LogP contribution in [0.5, 0.6) is 5.88 Å². The van der Waals surface area contributed by atoms with E-state index in [4.69, 9.17) is 4.74 Å². The number of hydrogen-bond donors (Lipinski definition) is 2. The second-order valence-corrected chi connectivity index (χ2v) is 7.70. The first-order valence-electron chi connectivity index (χ1n) is 10.6. The van der Waals surface area contributed by atoms with Crippen LogP contribution in [0.4, 0.5) is 13.2 Å². The van der Waals surface area contributed by atoms with Crippen LogP contribution < -0.4 is 15.4 Å². The van der Waals surface area contributed by atoms with Crippen molar-refractivity contribution in [2.75, 3.05) is 19.7 Å². The van der Waals surface area contributed by atoms with Crippen molar-refractivity contribution in [2.24, 2.45) is 0 Å². The number of aromatic nitrogens is 4. The zero-order chi connectivity index (χ0) is 25.0. The quantitative estimate of drug-likeness (QED) is 0.371. The summed E-state index contributed by atoms with van der Waals surface area (Å²) in [5, 5.41) is 11.5. The predicted octanol–water partition coefficient (Wildman–Crippen LogP) is 2.83. The summed E-state index contributed by atoms with van der Waals surface area (Å²) in [4.78, 5) is 31.8. The van der Waals surface area contributed by atoms with E-state index in [1.54, 1.807) is 41.2 Å². The lowest BCUT2D eigenvalue weighted by atomic mass is 10.1. The summed E-state index contributed by atoms with van der Waals surface area (Å²) in [6.07, 6.45) is 0.132. The van der Waals surface area contributed by atoms with Crippen LogP contribution in [-0.2, 0) is 11.3 Å². The van der Waals surface area contributed by atoms with E-state index in [0.717, 1.165) is 0 Å². The summed E-state index contributed by atoms with van der Waals surface area (Å²) >= 11 is 0. The third kappa shape index (κ3) is 5.83. The lowest BCUT2D eigenvalue weighted by molar-refractivity contribution is -0.153. The Hall–Kier alpha value is -4.22. The zero-order valence-electron chi connectivity index (χ0n) is 18.6. The molecular formula is C23H21F3N6O3. The molecule has 2 N–H and O–H groups in total. The molecule has 4 aromatic rings.